The molecule has 0 unspecified atom stereocenters. The molecule has 2 heterocycles. The van der Waals surface area contributed by atoms with Gasteiger partial charge in [-0.1, -0.05) is 12.1 Å². The van der Waals surface area contributed by atoms with Gasteiger partial charge in [-0.05, 0) is 37.1 Å². The Labute approximate surface area is 148 Å². The highest BCUT2D eigenvalue weighted by atomic mass is 19.1. The first kappa shape index (κ1) is 16.4. The van der Waals surface area contributed by atoms with E-state index in [1.54, 1.807) is 6.07 Å². The topological polar surface area (TPSA) is 58.1 Å². The largest absolute Gasteiger partial charge is 0.355 e. The van der Waals surface area contributed by atoms with Gasteiger partial charge in [-0.15, -0.1) is 0 Å². The number of halogens is 2. The molecule has 0 spiro atoms. The summed E-state index contributed by atoms with van der Waals surface area (Å²) in [5.41, 5.74) is 1.31. The lowest BCUT2D eigenvalue weighted by molar-refractivity contribution is 0.102. The average Bonchev–Trinajstić information content (AvgIpc) is 3.17. The minimum atomic E-state index is -0.838. The van der Waals surface area contributed by atoms with E-state index in [-0.39, 0.29) is 11.4 Å². The van der Waals surface area contributed by atoms with E-state index in [2.05, 4.69) is 15.3 Å². The number of amides is 1. The molecule has 1 aliphatic heterocycles. The minimum Gasteiger partial charge on any atom is -0.355 e. The quantitative estimate of drug-likeness (QED) is 0.778. The SMILES string of the molecule is O=C(Nc1ccc(F)cc1F)c1nc2ccccc2nc1N1CCCC1. The highest BCUT2D eigenvalue weighted by Gasteiger charge is 2.24. The second kappa shape index (κ2) is 6.67. The van der Waals surface area contributed by atoms with E-state index in [0.717, 1.165) is 38.1 Å². The zero-order valence-electron chi connectivity index (χ0n) is 13.9. The summed E-state index contributed by atoms with van der Waals surface area (Å²) in [7, 11) is 0. The number of nitrogens with one attached hydrogen (secondary N) is 1. The van der Waals surface area contributed by atoms with Gasteiger partial charge in [0.2, 0.25) is 0 Å². The Kier molecular flexibility index (Phi) is 4.20. The number of aromatic nitrogens is 2. The van der Waals surface area contributed by atoms with E-state index in [4.69, 9.17) is 0 Å². The molecule has 26 heavy (non-hydrogen) atoms. The molecule has 5 nitrogen and oxygen atoms in total. The van der Waals surface area contributed by atoms with Crippen LogP contribution in [0.4, 0.5) is 20.3 Å². The fourth-order valence-electron chi connectivity index (χ4n) is 3.06. The van der Waals surface area contributed by atoms with Crippen LogP contribution in [-0.2, 0) is 0 Å². The first-order valence-electron chi connectivity index (χ1n) is 8.40. The predicted octanol–water partition coefficient (Wildman–Crippen LogP) is 3.76. The molecule has 132 valence electrons. The van der Waals surface area contributed by atoms with E-state index in [0.29, 0.717) is 16.9 Å². The number of carbonyl (C=O) groups excluding carboxylic acids is 1. The first-order valence-corrected chi connectivity index (χ1v) is 8.40. The number of hydrogen-bond donors (Lipinski definition) is 1. The normalized spacial score (nSPS) is 14.0. The van der Waals surface area contributed by atoms with E-state index in [9.17, 15) is 13.6 Å². The number of para-hydroxylation sites is 2. The monoisotopic (exact) mass is 354 g/mol. The van der Waals surface area contributed by atoms with Gasteiger partial charge in [-0.2, -0.15) is 0 Å². The maximum Gasteiger partial charge on any atom is 0.278 e. The molecule has 1 saturated heterocycles. The average molecular weight is 354 g/mol. The lowest BCUT2D eigenvalue weighted by atomic mass is 10.2. The number of anilines is 2. The van der Waals surface area contributed by atoms with E-state index in [1.807, 2.05) is 23.1 Å². The summed E-state index contributed by atoms with van der Waals surface area (Å²) in [6.45, 7) is 1.58. The zero-order chi connectivity index (χ0) is 18.1. The summed E-state index contributed by atoms with van der Waals surface area (Å²) < 4.78 is 26.9. The third-order valence-electron chi connectivity index (χ3n) is 4.35. The van der Waals surface area contributed by atoms with Crippen LogP contribution in [0.15, 0.2) is 42.5 Å². The minimum absolute atomic E-state index is 0.0984. The van der Waals surface area contributed by atoms with Crippen LogP contribution < -0.4 is 10.2 Å². The molecule has 0 aliphatic carbocycles. The highest BCUT2D eigenvalue weighted by Crippen LogP contribution is 2.25. The Morgan fingerprint density at radius 3 is 2.38 bits per heavy atom. The van der Waals surface area contributed by atoms with Gasteiger partial charge < -0.3 is 10.2 Å². The fraction of sp³-hybridized carbons (Fsp3) is 0.211. The number of fused-ring (bicyclic) bond motifs is 1. The van der Waals surface area contributed by atoms with Gasteiger partial charge in [-0.3, -0.25) is 4.79 Å². The maximum atomic E-state index is 13.9. The van der Waals surface area contributed by atoms with Crippen molar-refractivity contribution in [3.05, 3.63) is 59.8 Å². The first-order chi connectivity index (χ1) is 12.6. The Morgan fingerprint density at radius 1 is 1.00 bits per heavy atom. The molecule has 1 fully saturated rings. The van der Waals surface area contributed by atoms with Crippen LogP contribution in [0.2, 0.25) is 0 Å². The molecule has 1 N–H and O–H groups in total. The Bertz CT molecular complexity index is 986. The third-order valence-corrected chi connectivity index (χ3v) is 4.35. The van der Waals surface area contributed by atoms with Crippen molar-refractivity contribution in [3.63, 3.8) is 0 Å². The van der Waals surface area contributed by atoms with E-state index >= 15 is 0 Å². The summed E-state index contributed by atoms with van der Waals surface area (Å²) in [6.07, 6.45) is 2.03. The van der Waals surface area contributed by atoms with Crippen LogP contribution in [0, 0.1) is 11.6 Å². The molecule has 1 aliphatic rings. The van der Waals surface area contributed by atoms with Crippen LogP contribution in [0.3, 0.4) is 0 Å². The molecule has 1 amide bonds. The molecular weight excluding hydrogens is 338 g/mol. The molecule has 3 aromatic rings. The lowest BCUT2D eigenvalue weighted by Crippen LogP contribution is -2.25. The van der Waals surface area contributed by atoms with Gasteiger partial charge in [-0.25, -0.2) is 18.7 Å². The van der Waals surface area contributed by atoms with Crippen LogP contribution in [0.25, 0.3) is 11.0 Å². The summed E-state index contributed by atoms with van der Waals surface area (Å²) in [5, 5.41) is 2.47. The second-order valence-electron chi connectivity index (χ2n) is 6.16. The molecule has 1 aromatic heterocycles. The maximum absolute atomic E-state index is 13.9. The number of nitrogens with zero attached hydrogens (tertiary/aromatic N) is 3. The third kappa shape index (κ3) is 3.08. The number of hydrogen-bond acceptors (Lipinski definition) is 4. The van der Waals surface area contributed by atoms with Gasteiger partial charge in [0.1, 0.15) is 11.6 Å². The molecule has 0 radical (unpaired) electrons. The molecule has 0 bridgehead atoms. The second-order valence-corrected chi connectivity index (χ2v) is 6.16. The van der Waals surface area contributed by atoms with Crippen molar-refractivity contribution in [2.45, 2.75) is 12.8 Å². The van der Waals surface area contributed by atoms with Gasteiger partial charge in [0.25, 0.3) is 5.91 Å². The smallest absolute Gasteiger partial charge is 0.278 e. The number of rotatable bonds is 3. The van der Waals surface area contributed by atoms with Gasteiger partial charge in [0, 0.05) is 19.2 Å². The van der Waals surface area contributed by atoms with Gasteiger partial charge in [0.05, 0.1) is 16.7 Å². The molecule has 0 saturated carbocycles. The summed E-state index contributed by atoms with van der Waals surface area (Å²) >= 11 is 0. The van der Waals surface area contributed by atoms with Crippen molar-refractivity contribution in [2.75, 3.05) is 23.3 Å². The standard InChI is InChI=1S/C19H16F2N4O/c20-12-7-8-14(13(21)11-12)24-19(26)17-18(25-9-3-4-10-25)23-16-6-2-1-5-15(16)22-17/h1-2,5-8,11H,3-4,9-10H2,(H,24,26). The molecule has 0 atom stereocenters. The summed E-state index contributed by atoms with van der Waals surface area (Å²) in [6, 6.07) is 10.3. The van der Waals surface area contributed by atoms with Crippen molar-refractivity contribution in [1.82, 2.24) is 9.97 Å². The van der Waals surface area contributed by atoms with Gasteiger partial charge in [0.15, 0.2) is 11.5 Å². The predicted molar refractivity (Wildman–Crippen MR) is 95.3 cm³/mol. The number of carbonyl (C=O) groups is 1. The number of benzene rings is 2. The van der Waals surface area contributed by atoms with E-state index < -0.39 is 17.5 Å². The van der Waals surface area contributed by atoms with Crippen LogP contribution in [0.1, 0.15) is 23.3 Å². The van der Waals surface area contributed by atoms with Crippen molar-refractivity contribution < 1.29 is 13.6 Å². The Balaban J connectivity index is 1.75. The van der Waals surface area contributed by atoms with Crippen molar-refractivity contribution >= 4 is 28.4 Å². The van der Waals surface area contributed by atoms with Gasteiger partial charge >= 0.3 is 0 Å². The molecular formula is C19H16F2N4O. The van der Waals surface area contributed by atoms with Crippen LogP contribution in [0.5, 0.6) is 0 Å². The molecule has 2 aromatic carbocycles. The van der Waals surface area contributed by atoms with Crippen LogP contribution in [-0.4, -0.2) is 29.0 Å². The van der Waals surface area contributed by atoms with Crippen LogP contribution >= 0.6 is 0 Å². The Hall–Kier alpha value is -3.09. The zero-order valence-corrected chi connectivity index (χ0v) is 13.9. The molecule has 4 rings (SSSR count). The van der Waals surface area contributed by atoms with Crippen molar-refractivity contribution in [3.8, 4) is 0 Å². The van der Waals surface area contributed by atoms with Crippen molar-refractivity contribution in [2.24, 2.45) is 0 Å². The Morgan fingerprint density at radius 2 is 1.69 bits per heavy atom. The highest BCUT2D eigenvalue weighted by molar-refractivity contribution is 6.07. The summed E-state index contributed by atoms with van der Waals surface area (Å²) in [5.74, 6) is -1.63. The lowest BCUT2D eigenvalue weighted by Gasteiger charge is -2.19. The fourth-order valence-corrected chi connectivity index (χ4v) is 3.06. The van der Waals surface area contributed by atoms with E-state index in [1.165, 1.54) is 6.07 Å². The molecule has 7 heteroatoms. The van der Waals surface area contributed by atoms with Crippen molar-refractivity contribution in [1.29, 1.82) is 0 Å². The summed E-state index contributed by atoms with van der Waals surface area (Å²) in [4.78, 5) is 23.8.